The third kappa shape index (κ3) is 11.8. The molecule has 0 N–H and O–H groups in total. The van der Waals surface area contributed by atoms with Crippen LogP contribution in [0.3, 0.4) is 0 Å². The Hall–Kier alpha value is -5.73. The van der Waals surface area contributed by atoms with E-state index in [1.165, 1.54) is 37.5 Å². The van der Waals surface area contributed by atoms with Gasteiger partial charge >= 0.3 is 5.97 Å². The number of methoxy groups -OCH3 is 1. The Balaban J connectivity index is 1.41. The van der Waals surface area contributed by atoms with Gasteiger partial charge in [-0.25, -0.2) is 50.9 Å². The standard InChI is InChI=1S/C49H50F4N2O18S5/c1-5-54-36-16-14-30-32(23-28(75(60,61)62)25-38(30)77(66,67)68)43(36)48(2,18-10-22-74(57,58)59)40(54)11-9-12-41-49(3,19-21-72-4)44-33-24-29(76(63,64)65)26-39(78(69,70)71)31(33)15-17-37(44)55(41)20-8-6-7-13-42(56)73-47-45(52)34(50)27-35(51)46(47)53/h9,11-12,14-17,23-27H,5-8,10,13,18-22H2,1-4H3,(H4-,57,58,59,60,61,62,63,64,65,66,67,68,69,70,71)/p-4. The number of unbranched alkanes of at least 4 members (excludes halogenated alkanes) is 2. The zero-order valence-electron chi connectivity index (χ0n) is 41.5. The summed E-state index contributed by atoms with van der Waals surface area (Å²) >= 11 is 0. The summed E-state index contributed by atoms with van der Waals surface area (Å²) in [5, 5.41) is -0.819. The fraction of sp³-hybridized carbons (Fsp3) is 0.347. The van der Waals surface area contributed by atoms with E-state index in [0.717, 1.165) is 12.1 Å². The molecule has 0 saturated carbocycles. The Bertz CT molecular complexity index is 4000. The molecule has 2 aliphatic heterocycles. The molecule has 422 valence electrons. The molecule has 29 heteroatoms. The van der Waals surface area contributed by atoms with E-state index in [1.54, 1.807) is 42.4 Å². The molecule has 0 saturated heterocycles. The van der Waals surface area contributed by atoms with Crippen molar-refractivity contribution in [1.82, 2.24) is 0 Å². The monoisotopic (exact) mass is 1190 g/mol. The van der Waals surface area contributed by atoms with Crippen LogP contribution in [0.25, 0.3) is 21.5 Å². The summed E-state index contributed by atoms with van der Waals surface area (Å²) in [5.74, 6) is -11.2. The van der Waals surface area contributed by atoms with Crippen molar-refractivity contribution in [3.63, 3.8) is 0 Å². The van der Waals surface area contributed by atoms with Crippen LogP contribution in [0.4, 0.5) is 28.9 Å². The van der Waals surface area contributed by atoms with Crippen molar-refractivity contribution in [2.75, 3.05) is 37.5 Å². The van der Waals surface area contributed by atoms with Crippen LogP contribution in [0.1, 0.15) is 76.8 Å². The molecule has 2 aliphatic rings. The first-order valence-corrected chi connectivity index (χ1v) is 30.6. The topological polar surface area (TPSA) is 328 Å². The molecular weight excluding hydrogens is 1140 g/mol. The maximum atomic E-state index is 14.3. The van der Waals surface area contributed by atoms with E-state index in [2.05, 4.69) is 4.74 Å². The number of ether oxygens (including phenoxy) is 2. The number of allylic oxidation sites excluding steroid dienone is 4. The van der Waals surface area contributed by atoms with E-state index >= 15 is 0 Å². The summed E-state index contributed by atoms with van der Waals surface area (Å²) in [5.41, 5.74) is -1.14. The number of benzene rings is 5. The second kappa shape index (κ2) is 21.7. The number of hydrogen-bond acceptors (Lipinski definition) is 19. The number of carbonyl (C=O) groups is 1. The van der Waals surface area contributed by atoms with Crippen molar-refractivity contribution in [2.24, 2.45) is 0 Å². The van der Waals surface area contributed by atoms with Gasteiger partial charge in [0.25, 0.3) is 0 Å². The SMILES string of the molecule is CCN1/C(=C/C=C/C2=[N+](CCCCCC(=O)Oc3c(F)c(F)cc(F)c3F)c3ccc4c(S(=O)(=O)[O-])cc(S(=O)(=O)[O-])cc4c3C2(C)CCOC)C(C)(CCCS(=O)(=O)[O-])c2c1ccc1c(S(=O)(=O)[O-])cc(S(=O)(=O)[O-])cc21. The van der Waals surface area contributed by atoms with Gasteiger partial charge in [-0.3, -0.25) is 4.79 Å². The molecule has 5 aromatic carbocycles. The van der Waals surface area contributed by atoms with Gasteiger partial charge in [-0.2, -0.15) is 13.4 Å². The maximum Gasteiger partial charge on any atom is 0.311 e. The van der Waals surface area contributed by atoms with Gasteiger partial charge in [0.1, 0.15) is 47.0 Å². The molecule has 2 heterocycles. The molecule has 78 heavy (non-hydrogen) atoms. The van der Waals surface area contributed by atoms with Crippen LogP contribution in [-0.2, 0) is 71.0 Å². The van der Waals surface area contributed by atoms with Crippen LogP contribution >= 0.6 is 0 Å². The molecule has 0 spiro atoms. The Morgan fingerprint density at radius 3 is 1.73 bits per heavy atom. The number of esters is 1. The summed E-state index contributed by atoms with van der Waals surface area (Å²) < 4.78 is 255. The molecule has 0 bridgehead atoms. The first-order valence-electron chi connectivity index (χ1n) is 23.4. The van der Waals surface area contributed by atoms with Crippen LogP contribution in [0.15, 0.2) is 98.1 Å². The van der Waals surface area contributed by atoms with E-state index in [4.69, 9.17) is 4.74 Å². The summed E-state index contributed by atoms with van der Waals surface area (Å²) in [6, 6.07) is 8.03. The quantitative estimate of drug-likeness (QED) is 0.0148. The minimum absolute atomic E-state index is 0.0206. The van der Waals surface area contributed by atoms with Crippen LogP contribution < -0.4 is 9.64 Å². The second-order valence-corrected chi connectivity index (χ2v) is 25.8. The average molecular weight is 1190 g/mol. The van der Waals surface area contributed by atoms with Gasteiger partial charge in [0, 0.05) is 84.8 Å². The van der Waals surface area contributed by atoms with Crippen molar-refractivity contribution >= 4 is 95.2 Å². The predicted octanol–water partition coefficient (Wildman–Crippen LogP) is 6.29. The van der Waals surface area contributed by atoms with Crippen molar-refractivity contribution in [1.29, 1.82) is 0 Å². The molecule has 0 radical (unpaired) electrons. The van der Waals surface area contributed by atoms with Crippen molar-refractivity contribution in [3.8, 4) is 5.75 Å². The highest BCUT2D eigenvalue weighted by Gasteiger charge is 2.49. The van der Waals surface area contributed by atoms with E-state index < -0.39 is 128 Å². The number of hydrogen-bond donors (Lipinski definition) is 0. The first-order chi connectivity index (χ1) is 36.1. The fourth-order valence-corrected chi connectivity index (χ4v) is 13.6. The maximum absolute atomic E-state index is 14.3. The molecular formula is C49H46F4N2O18S5-4. The summed E-state index contributed by atoms with van der Waals surface area (Å²) in [6.07, 6.45) is 4.02. The van der Waals surface area contributed by atoms with Crippen LogP contribution in [-0.4, -0.2) is 114 Å². The molecule has 0 amide bonds. The fourth-order valence-electron chi connectivity index (χ4n) is 10.4. The first kappa shape index (κ1) is 59.9. The van der Waals surface area contributed by atoms with E-state index in [0.29, 0.717) is 34.9 Å². The van der Waals surface area contributed by atoms with E-state index in [9.17, 15) is 87.2 Å². The molecule has 0 fully saturated rings. The summed E-state index contributed by atoms with van der Waals surface area (Å²) in [7, 11) is -25.2. The molecule has 2 atom stereocenters. The molecule has 20 nitrogen and oxygen atoms in total. The van der Waals surface area contributed by atoms with Gasteiger partial charge in [0.2, 0.25) is 23.1 Å². The van der Waals surface area contributed by atoms with Crippen molar-refractivity contribution in [2.45, 2.75) is 96.1 Å². The Kier molecular flexibility index (Phi) is 16.7. The lowest BCUT2D eigenvalue weighted by Gasteiger charge is -2.31. The van der Waals surface area contributed by atoms with Crippen LogP contribution in [0.5, 0.6) is 5.75 Å². The summed E-state index contributed by atoms with van der Waals surface area (Å²) in [6.45, 7) is 5.08. The Labute approximate surface area is 446 Å². The van der Waals surface area contributed by atoms with Crippen molar-refractivity contribution in [3.05, 3.63) is 113 Å². The normalized spacial score (nSPS) is 18.7. The molecule has 0 aliphatic carbocycles. The predicted molar refractivity (Wildman–Crippen MR) is 265 cm³/mol. The highest BCUT2D eigenvalue weighted by atomic mass is 32.2. The Morgan fingerprint density at radius 1 is 0.667 bits per heavy atom. The number of likely N-dealkylation sites (N-methyl/N-ethyl adjacent to an activating group) is 1. The lowest BCUT2D eigenvalue weighted by atomic mass is 9.74. The van der Waals surface area contributed by atoms with Gasteiger partial charge in [0.05, 0.1) is 35.1 Å². The lowest BCUT2D eigenvalue weighted by Crippen LogP contribution is -2.33. The number of halogens is 4. The van der Waals surface area contributed by atoms with Gasteiger partial charge < -0.3 is 37.1 Å². The van der Waals surface area contributed by atoms with E-state index in [-0.39, 0.29) is 97.0 Å². The zero-order valence-corrected chi connectivity index (χ0v) is 45.6. The molecule has 0 aromatic heterocycles. The molecule has 2 unspecified atom stereocenters. The van der Waals surface area contributed by atoms with Crippen LogP contribution in [0.2, 0.25) is 0 Å². The Morgan fingerprint density at radius 2 is 1.22 bits per heavy atom. The number of rotatable bonds is 21. The van der Waals surface area contributed by atoms with Gasteiger partial charge in [0.15, 0.2) is 17.3 Å². The highest BCUT2D eigenvalue weighted by molar-refractivity contribution is 7.87. The number of nitrogens with zero attached hydrogens (tertiary/aromatic N) is 2. The van der Waals surface area contributed by atoms with Crippen molar-refractivity contribution < 1.29 is 101 Å². The lowest BCUT2D eigenvalue weighted by molar-refractivity contribution is -0.438. The second-order valence-electron chi connectivity index (χ2n) is 18.8. The molecule has 7 rings (SSSR count). The van der Waals surface area contributed by atoms with Gasteiger partial charge in [-0.15, -0.1) is 0 Å². The average Bonchev–Trinajstić information content (AvgIpc) is 3.79. The zero-order chi connectivity index (χ0) is 57.9. The highest BCUT2D eigenvalue weighted by Crippen LogP contribution is 2.54. The minimum atomic E-state index is -5.46. The number of fused-ring (bicyclic) bond motifs is 6. The van der Waals surface area contributed by atoms with Crippen LogP contribution in [0, 0.1) is 23.3 Å². The number of anilines is 1. The van der Waals surface area contributed by atoms with Gasteiger partial charge in [-0.05, 0) is 117 Å². The third-order valence-electron chi connectivity index (χ3n) is 13.9. The summed E-state index contributed by atoms with van der Waals surface area (Å²) in [4.78, 5) is 10.2. The van der Waals surface area contributed by atoms with Gasteiger partial charge in [-0.1, -0.05) is 12.1 Å². The minimum Gasteiger partial charge on any atom is -0.748 e. The van der Waals surface area contributed by atoms with E-state index in [1.807, 2.05) is 0 Å². The number of carbonyl (C=O) groups excluding carboxylic acids is 1. The third-order valence-corrected chi connectivity index (χ3v) is 18.0. The smallest absolute Gasteiger partial charge is 0.311 e. The largest absolute Gasteiger partial charge is 0.748 e. The molecule has 5 aromatic rings.